The van der Waals surface area contributed by atoms with E-state index in [0.717, 1.165) is 16.6 Å². The molecule has 78 valence electrons. The predicted molar refractivity (Wildman–Crippen MR) is 62.0 cm³/mol. The van der Waals surface area contributed by atoms with Crippen molar-refractivity contribution in [3.63, 3.8) is 0 Å². The Morgan fingerprint density at radius 2 is 1.93 bits per heavy atom. The molecule has 0 fully saturated rings. The van der Waals surface area contributed by atoms with Crippen LogP contribution in [0.3, 0.4) is 0 Å². The van der Waals surface area contributed by atoms with Gasteiger partial charge in [0, 0.05) is 25.2 Å². The Morgan fingerprint density at radius 3 is 2.60 bits per heavy atom. The average Bonchev–Trinajstić information content (AvgIpc) is 2.27. The number of benzene rings is 1. The Labute approximate surface area is 89.0 Å². The van der Waals surface area contributed by atoms with Gasteiger partial charge in [0.2, 0.25) is 0 Å². The minimum Gasteiger partial charge on any atom is -0.390 e. The summed E-state index contributed by atoms with van der Waals surface area (Å²) in [5.41, 5.74) is 2.75. The molecular weight excluding hydrogens is 188 g/mol. The van der Waals surface area contributed by atoms with Gasteiger partial charge < -0.3 is 10.0 Å². The molecule has 0 aliphatic heterocycles. The van der Waals surface area contributed by atoms with Gasteiger partial charge in [0.1, 0.15) is 0 Å². The van der Waals surface area contributed by atoms with E-state index in [-0.39, 0.29) is 6.61 Å². The van der Waals surface area contributed by atoms with Gasteiger partial charge in [-0.3, -0.25) is 4.98 Å². The topological polar surface area (TPSA) is 36.4 Å². The van der Waals surface area contributed by atoms with Gasteiger partial charge in [0.25, 0.3) is 0 Å². The maximum atomic E-state index is 9.00. The number of hydrogen-bond donors (Lipinski definition) is 1. The van der Waals surface area contributed by atoms with E-state index in [2.05, 4.69) is 11.1 Å². The first-order valence-corrected chi connectivity index (χ1v) is 4.88. The van der Waals surface area contributed by atoms with Gasteiger partial charge in [-0.05, 0) is 18.2 Å². The van der Waals surface area contributed by atoms with Crippen LogP contribution >= 0.6 is 0 Å². The van der Waals surface area contributed by atoms with E-state index in [0.29, 0.717) is 5.69 Å². The van der Waals surface area contributed by atoms with Gasteiger partial charge in [0.05, 0.1) is 17.8 Å². The van der Waals surface area contributed by atoms with Crippen LogP contribution in [0.5, 0.6) is 0 Å². The molecule has 0 radical (unpaired) electrons. The van der Waals surface area contributed by atoms with Crippen LogP contribution in [0.4, 0.5) is 5.69 Å². The van der Waals surface area contributed by atoms with Crippen molar-refractivity contribution in [1.82, 2.24) is 4.98 Å². The molecule has 1 aromatic carbocycles. The average molecular weight is 202 g/mol. The molecule has 1 aromatic heterocycles. The SMILES string of the molecule is CN(C)c1ccc2ccc(CO)nc2c1. The van der Waals surface area contributed by atoms with Crippen LogP contribution in [0.25, 0.3) is 10.9 Å². The highest BCUT2D eigenvalue weighted by atomic mass is 16.3. The van der Waals surface area contributed by atoms with E-state index in [4.69, 9.17) is 5.11 Å². The van der Waals surface area contributed by atoms with Crippen LogP contribution < -0.4 is 4.90 Å². The van der Waals surface area contributed by atoms with Crippen molar-refractivity contribution >= 4 is 16.6 Å². The summed E-state index contributed by atoms with van der Waals surface area (Å²) in [5, 5.41) is 10.1. The van der Waals surface area contributed by atoms with E-state index < -0.39 is 0 Å². The summed E-state index contributed by atoms with van der Waals surface area (Å²) < 4.78 is 0. The third kappa shape index (κ3) is 1.92. The number of nitrogens with zero attached hydrogens (tertiary/aromatic N) is 2. The summed E-state index contributed by atoms with van der Waals surface area (Å²) in [6, 6.07) is 9.95. The molecule has 0 aliphatic carbocycles. The van der Waals surface area contributed by atoms with Crippen LogP contribution in [0.2, 0.25) is 0 Å². The number of anilines is 1. The van der Waals surface area contributed by atoms with Crippen LogP contribution in [-0.2, 0) is 6.61 Å². The zero-order valence-corrected chi connectivity index (χ0v) is 8.94. The van der Waals surface area contributed by atoms with Crippen LogP contribution in [0.15, 0.2) is 30.3 Å². The standard InChI is InChI=1S/C12H14N2O/c1-14(2)11-6-4-9-3-5-10(8-15)13-12(9)7-11/h3-7,15H,8H2,1-2H3. The zero-order valence-electron chi connectivity index (χ0n) is 8.94. The molecule has 1 N–H and O–H groups in total. The first-order chi connectivity index (χ1) is 7.20. The summed E-state index contributed by atoms with van der Waals surface area (Å²) in [6.07, 6.45) is 0. The smallest absolute Gasteiger partial charge is 0.0853 e. The molecule has 0 saturated carbocycles. The summed E-state index contributed by atoms with van der Waals surface area (Å²) in [4.78, 5) is 6.39. The van der Waals surface area contributed by atoms with Gasteiger partial charge in [-0.2, -0.15) is 0 Å². The second-order valence-electron chi connectivity index (χ2n) is 3.73. The zero-order chi connectivity index (χ0) is 10.8. The first kappa shape index (κ1) is 9.93. The molecule has 15 heavy (non-hydrogen) atoms. The third-order valence-electron chi connectivity index (χ3n) is 2.41. The fourth-order valence-corrected chi connectivity index (χ4v) is 1.51. The monoisotopic (exact) mass is 202 g/mol. The maximum Gasteiger partial charge on any atom is 0.0853 e. The molecule has 0 atom stereocenters. The molecule has 0 spiro atoms. The molecular formula is C12H14N2O. The largest absolute Gasteiger partial charge is 0.390 e. The van der Waals surface area contributed by atoms with Crippen molar-refractivity contribution in [3.05, 3.63) is 36.0 Å². The number of aliphatic hydroxyl groups excluding tert-OH is 1. The Balaban J connectivity index is 2.57. The normalized spacial score (nSPS) is 10.6. The highest BCUT2D eigenvalue weighted by molar-refractivity contribution is 5.82. The van der Waals surface area contributed by atoms with Crippen LogP contribution in [0.1, 0.15) is 5.69 Å². The lowest BCUT2D eigenvalue weighted by molar-refractivity contribution is 0.277. The lowest BCUT2D eigenvalue weighted by Gasteiger charge is -2.12. The Morgan fingerprint density at radius 1 is 1.20 bits per heavy atom. The van der Waals surface area contributed by atoms with E-state index >= 15 is 0 Å². The van der Waals surface area contributed by atoms with Crippen molar-refractivity contribution in [2.24, 2.45) is 0 Å². The van der Waals surface area contributed by atoms with Crippen molar-refractivity contribution in [2.45, 2.75) is 6.61 Å². The van der Waals surface area contributed by atoms with Gasteiger partial charge in [0.15, 0.2) is 0 Å². The summed E-state index contributed by atoms with van der Waals surface area (Å²) >= 11 is 0. The fourth-order valence-electron chi connectivity index (χ4n) is 1.51. The highest BCUT2D eigenvalue weighted by Gasteiger charge is 2.00. The lowest BCUT2D eigenvalue weighted by atomic mass is 10.2. The van der Waals surface area contributed by atoms with Crippen molar-refractivity contribution in [1.29, 1.82) is 0 Å². The molecule has 0 aliphatic rings. The van der Waals surface area contributed by atoms with E-state index in [9.17, 15) is 0 Å². The Bertz CT molecular complexity index is 480. The number of fused-ring (bicyclic) bond motifs is 1. The molecule has 2 aromatic rings. The Kier molecular flexibility index (Phi) is 2.56. The molecule has 0 saturated heterocycles. The minimum atomic E-state index is -0.0118. The third-order valence-corrected chi connectivity index (χ3v) is 2.41. The quantitative estimate of drug-likeness (QED) is 0.806. The molecule has 3 heteroatoms. The molecule has 1 heterocycles. The van der Waals surface area contributed by atoms with Gasteiger partial charge >= 0.3 is 0 Å². The number of aromatic nitrogens is 1. The lowest BCUT2D eigenvalue weighted by Crippen LogP contribution is -2.08. The molecule has 0 unspecified atom stereocenters. The molecule has 0 bridgehead atoms. The Hall–Kier alpha value is -1.61. The number of aliphatic hydroxyl groups is 1. The second kappa shape index (κ2) is 3.87. The molecule has 2 rings (SSSR count). The van der Waals surface area contributed by atoms with Crippen molar-refractivity contribution in [3.8, 4) is 0 Å². The van der Waals surface area contributed by atoms with Gasteiger partial charge in [-0.15, -0.1) is 0 Å². The van der Waals surface area contributed by atoms with Gasteiger partial charge in [-0.1, -0.05) is 12.1 Å². The minimum absolute atomic E-state index is 0.0118. The maximum absolute atomic E-state index is 9.00. The van der Waals surface area contributed by atoms with Crippen LogP contribution in [0, 0.1) is 0 Å². The fraction of sp³-hybridized carbons (Fsp3) is 0.250. The second-order valence-corrected chi connectivity index (χ2v) is 3.73. The van der Waals surface area contributed by atoms with Gasteiger partial charge in [-0.25, -0.2) is 0 Å². The van der Waals surface area contributed by atoms with E-state index in [1.54, 1.807) is 0 Å². The number of hydrogen-bond acceptors (Lipinski definition) is 3. The van der Waals surface area contributed by atoms with Crippen molar-refractivity contribution in [2.75, 3.05) is 19.0 Å². The first-order valence-electron chi connectivity index (χ1n) is 4.88. The van der Waals surface area contributed by atoms with Crippen LogP contribution in [-0.4, -0.2) is 24.2 Å². The predicted octanol–water partition coefficient (Wildman–Crippen LogP) is 1.79. The molecule has 0 amide bonds. The van der Waals surface area contributed by atoms with Crippen molar-refractivity contribution < 1.29 is 5.11 Å². The summed E-state index contributed by atoms with van der Waals surface area (Å²) in [6.45, 7) is -0.0118. The summed E-state index contributed by atoms with van der Waals surface area (Å²) in [7, 11) is 3.99. The summed E-state index contributed by atoms with van der Waals surface area (Å²) in [5.74, 6) is 0. The van der Waals surface area contributed by atoms with E-state index in [1.165, 1.54) is 0 Å². The molecule has 3 nitrogen and oxygen atoms in total. The number of rotatable bonds is 2. The highest BCUT2D eigenvalue weighted by Crippen LogP contribution is 2.19. The number of pyridine rings is 1. The van der Waals surface area contributed by atoms with E-state index in [1.807, 2.05) is 43.3 Å².